The van der Waals surface area contributed by atoms with Gasteiger partial charge in [0.2, 0.25) is 0 Å². The minimum atomic E-state index is -0.954. The van der Waals surface area contributed by atoms with E-state index in [0.717, 1.165) is 0 Å². The monoisotopic (exact) mass is 345 g/mol. The Hall–Kier alpha value is -1.71. The first-order valence-corrected chi connectivity index (χ1v) is 8.06. The van der Waals surface area contributed by atoms with E-state index >= 15 is 0 Å². The molecule has 1 aliphatic heterocycles. The molecular formula is C15H27N3O6. The van der Waals surface area contributed by atoms with Gasteiger partial charge in [-0.1, -0.05) is 13.8 Å². The highest BCUT2D eigenvalue weighted by atomic mass is 16.4. The summed E-state index contributed by atoms with van der Waals surface area (Å²) in [5.41, 5.74) is 0. The minimum Gasteiger partial charge on any atom is -0.480 e. The zero-order valence-corrected chi connectivity index (χ0v) is 14.2. The van der Waals surface area contributed by atoms with Gasteiger partial charge in [0.25, 0.3) is 0 Å². The van der Waals surface area contributed by atoms with Crippen LogP contribution < -0.4 is 0 Å². The second-order valence-corrected chi connectivity index (χ2v) is 6.40. The molecule has 9 nitrogen and oxygen atoms in total. The van der Waals surface area contributed by atoms with Gasteiger partial charge >= 0.3 is 17.9 Å². The first-order chi connectivity index (χ1) is 11.2. The molecule has 0 aromatic carbocycles. The van der Waals surface area contributed by atoms with Crippen molar-refractivity contribution < 1.29 is 29.7 Å². The Balaban J connectivity index is 2.91. The molecule has 9 heteroatoms. The second-order valence-electron chi connectivity index (χ2n) is 6.40. The fourth-order valence-corrected chi connectivity index (χ4v) is 3.00. The molecule has 24 heavy (non-hydrogen) atoms. The predicted octanol–water partition coefficient (Wildman–Crippen LogP) is -0.816. The van der Waals surface area contributed by atoms with Crippen LogP contribution in [0.4, 0.5) is 0 Å². The van der Waals surface area contributed by atoms with Crippen LogP contribution in [0.3, 0.4) is 0 Å². The Labute approximate surface area is 141 Å². The van der Waals surface area contributed by atoms with E-state index in [-0.39, 0.29) is 19.0 Å². The molecule has 1 fully saturated rings. The number of carboxylic acid groups (broad SMARTS) is 3. The minimum absolute atomic E-state index is 0.107. The maximum atomic E-state index is 11.6. The van der Waals surface area contributed by atoms with Gasteiger partial charge in [-0.2, -0.15) is 0 Å². The van der Waals surface area contributed by atoms with Crippen molar-refractivity contribution in [1.29, 1.82) is 0 Å². The number of aliphatic carboxylic acids is 3. The summed E-state index contributed by atoms with van der Waals surface area (Å²) < 4.78 is 0. The van der Waals surface area contributed by atoms with Crippen LogP contribution in [0, 0.1) is 5.92 Å². The Morgan fingerprint density at radius 1 is 0.792 bits per heavy atom. The van der Waals surface area contributed by atoms with E-state index in [1.165, 1.54) is 0 Å². The quantitative estimate of drug-likeness (QED) is 0.543. The third kappa shape index (κ3) is 6.81. The molecule has 1 aliphatic rings. The smallest absolute Gasteiger partial charge is 0.321 e. The highest BCUT2D eigenvalue weighted by Crippen LogP contribution is 2.13. The molecule has 0 aliphatic carbocycles. The fourth-order valence-electron chi connectivity index (χ4n) is 3.00. The number of hydrogen-bond acceptors (Lipinski definition) is 6. The molecule has 0 radical (unpaired) electrons. The van der Waals surface area contributed by atoms with Crippen LogP contribution in [0.5, 0.6) is 0 Å². The lowest BCUT2D eigenvalue weighted by Gasteiger charge is -2.32. The first-order valence-electron chi connectivity index (χ1n) is 8.06. The molecule has 1 rings (SSSR count). The summed E-state index contributed by atoms with van der Waals surface area (Å²) in [6, 6.07) is -0.679. The normalized spacial score (nSPS) is 20.1. The Bertz CT molecular complexity index is 428. The predicted molar refractivity (Wildman–Crippen MR) is 86.0 cm³/mol. The molecule has 0 bridgehead atoms. The maximum absolute atomic E-state index is 11.6. The van der Waals surface area contributed by atoms with Crippen molar-refractivity contribution in [1.82, 2.24) is 14.7 Å². The summed E-state index contributed by atoms with van der Waals surface area (Å²) in [5.74, 6) is -2.93. The zero-order valence-electron chi connectivity index (χ0n) is 14.2. The Kier molecular flexibility index (Phi) is 8.09. The third-order valence-corrected chi connectivity index (χ3v) is 4.13. The van der Waals surface area contributed by atoms with E-state index in [4.69, 9.17) is 10.2 Å². The number of carbonyl (C=O) groups is 3. The number of hydrogen-bond donors (Lipinski definition) is 3. The van der Waals surface area contributed by atoms with Crippen molar-refractivity contribution in [2.75, 3.05) is 52.4 Å². The fraction of sp³-hybridized carbons (Fsp3) is 0.800. The zero-order chi connectivity index (χ0) is 18.3. The van der Waals surface area contributed by atoms with Gasteiger partial charge in [-0.25, -0.2) is 0 Å². The van der Waals surface area contributed by atoms with Crippen LogP contribution in [-0.2, 0) is 14.4 Å². The van der Waals surface area contributed by atoms with Crippen LogP contribution in [0.1, 0.15) is 13.8 Å². The molecule has 0 aromatic rings. The van der Waals surface area contributed by atoms with Crippen molar-refractivity contribution in [3.63, 3.8) is 0 Å². The van der Waals surface area contributed by atoms with E-state index in [2.05, 4.69) is 0 Å². The second kappa shape index (κ2) is 9.55. The molecule has 1 saturated heterocycles. The standard InChI is InChI=1S/C15H27N3O6/c1-11(2)14(15(23)24)18-7-5-16(9-12(19)20)3-4-17(6-8-18)10-13(21)22/h11,14H,3-10H2,1-2H3,(H,19,20)(H,21,22)(H,23,24)/t14-/m1/s1. The van der Waals surface area contributed by atoms with E-state index in [0.29, 0.717) is 39.3 Å². The van der Waals surface area contributed by atoms with E-state index < -0.39 is 23.9 Å². The van der Waals surface area contributed by atoms with E-state index in [1.54, 1.807) is 9.80 Å². The highest BCUT2D eigenvalue weighted by Gasteiger charge is 2.30. The van der Waals surface area contributed by atoms with E-state index in [9.17, 15) is 19.5 Å². The molecule has 1 atom stereocenters. The summed E-state index contributed by atoms with van der Waals surface area (Å²) in [6.45, 7) is 5.98. The molecule has 0 unspecified atom stereocenters. The molecule has 0 saturated carbocycles. The first kappa shape index (κ1) is 20.3. The lowest BCUT2D eigenvalue weighted by molar-refractivity contribution is -0.146. The largest absolute Gasteiger partial charge is 0.480 e. The van der Waals surface area contributed by atoms with Crippen molar-refractivity contribution in [3.8, 4) is 0 Å². The van der Waals surface area contributed by atoms with Gasteiger partial charge in [-0.15, -0.1) is 0 Å². The van der Waals surface area contributed by atoms with Gasteiger partial charge in [0, 0.05) is 39.3 Å². The van der Waals surface area contributed by atoms with Gasteiger partial charge in [0.1, 0.15) is 6.04 Å². The summed E-state index contributed by atoms with van der Waals surface area (Å²) in [7, 11) is 0. The summed E-state index contributed by atoms with van der Waals surface area (Å²) in [6.07, 6.45) is 0. The number of nitrogens with zero attached hydrogens (tertiary/aromatic N) is 3. The van der Waals surface area contributed by atoms with Crippen LogP contribution in [0.25, 0.3) is 0 Å². The third-order valence-electron chi connectivity index (χ3n) is 4.13. The molecule has 0 amide bonds. The average Bonchev–Trinajstić information content (AvgIpc) is 2.51. The number of rotatable bonds is 7. The van der Waals surface area contributed by atoms with Gasteiger partial charge < -0.3 is 15.3 Å². The Morgan fingerprint density at radius 3 is 1.46 bits per heavy atom. The SMILES string of the molecule is CC(C)[C@H](C(=O)O)N1CCN(CC(=O)O)CCN(CC(=O)O)CC1. The Morgan fingerprint density at radius 2 is 1.17 bits per heavy atom. The van der Waals surface area contributed by atoms with Gasteiger partial charge in [0.15, 0.2) is 0 Å². The topological polar surface area (TPSA) is 122 Å². The van der Waals surface area contributed by atoms with Gasteiger partial charge in [-0.05, 0) is 5.92 Å². The van der Waals surface area contributed by atoms with Crippen molar-refractivity contribution in [2.24, 2.45) is 5.92 Å². The van der Waals surface area contributed by atoms with Crippen molar-refractivity contribution >= 4 is 17.9 Å². The van der Waals surface area contributed by atoms with E-state index in [1.807, 2.05) is 18.7 Å². The van der Waals surface area contributed by atoms with Gasteiger partial charge in [0.05, 0.1) is 13.1 Å². The van der Waals surface area contributed by atoms with Crippen LogP contribution >= 0.6 is 0 Å². The molecule has 1 heterocycles. The average molecular weight is 345 g/mol. The van der Waals surface area contributed by atoms with Crippen LogP contribution in [0.2, 0.25) is 0 Å². The molecular weight excluding hydrogens is 318 g/mol. The lowest BCUT2D eigenvalue weighted by atomic mass is 10.0. The molecule has 0 spiro atoms. The maximum Gasteiger partial charge on any atom is 0.321 e. The van der Waals surface area contributed by atoms with Crippen LogP contribution in [-0.4, -0.2) is 106 Å². The van der Waals surface area contributed by atoms with Gasteiger partial charge in [-0.3, -0.25) is 29.1 Å². The molecule has 138 valence electrons. The summed E-state index contributed by atoms with van der Waals surface area (Å²) >= 11 is 0. The number of carboxylic acids is 3. The van der Waals surface area contributed by atoms with Crippen LogP contribution in [0.15, 0.2) is 0 Å². The highest BCUT2D eigenvalue weighted by molar-refractivity contribution is 5.73. The molecule has 3 N–H and O–H groups in total. The molecule has 0 aromatic heterocycles. The van der Waals surface area contributed by atoms with Crippen molar-refractivity contribution in [3.05, 3.63) is 0 Å². The van der Waals surface area contributed by atoms with Crippen molar-refractivity contribution in [2.45, 2.75) is 19.9 Å². The lowest BCUT2D eigenvalue weighted by Crippen LogP contribution is -2.49. The summed E-state index contributed by atoms with van der Waals surface area (Å²) in [5, 5.41) is 27.5. The summed E-state index contributed by atoms with van der Waals surface area (Å²) in [4.78, 5) is 38.8.